The number of halogens is 4. The van der Waals surface area contributed by atoms with Crippen LogP contribution in [0.2, 0.25) is 0 Å². The van der Waals surface area contributed by atoms with E-state index in [1.54, 1.807) is 0 Å². The van der Waals surface area contributed by atoms with Gasteiger partial charge in [-0.1, -0.05) is 11.2 Å². The van der Waals surface area contributed by atoms with Crippen LogP contribution in [0.1, 0.15) is 18.1 Å². The minimum Gasteiger partial charge on any atom is -0.436 e. The zero-order valence-electron chi connectivity index (χ0n) is 11.8. The summed E-state index contributed by atoms with van der Waals surface area (Å²) < 4.78 is 59.0. The van der Waals surface area contributed by atoms with Gasteiger partial charge in [0, 0.05) is 0 Å². The van der Waals surface area contributed by atoms with Crippen LogP contribution in [0, 0.1) is 5.82 Å². The number of oxime groups is 1. The third-order valence-corrected chi connectivity index (χ3v) is 2.97. The Labute approximate surface area is 132 Å². The summed E-state index contributed by atoms with van der Waals surface area (Å²) in [5.74, 6) is -1.51. The zero-order valence-corrected chi connectivity index (χ0v) is 11.8. The van der Waals surface area contributed by atoms with E-state index in [1.165, 1.54) is 24.8 Å². The molecule has 0 saturated carbocycles. The summed E-state index contributed by atoms with van der Waals surface area (Å²) >= 11 is 0. The van der Waals surface area contributed by atoms with Crippen LogP contribution in [-0.2, 0) is 4.84 Å². The van der Waals surface area contributed by atoms with Crippen LogP contribution >= 0.6 is 0 Å². The largest absolute Gasteiger partial charge is 0.573 e. The summed E-state index contributed by atoms with van der Waals surface area (Å²) in [6.07, 6.45) is -1.30. The van der Waals surface area contributed by atoms with Crippen molar-refractivity contribution in [2.45, 2.75) is 18.9 Å². The molecule has 0 N–H and O–H groups in total. The molecule has 1 aromatic carbocycles. The summed E-state index contributed by atoms with van der Waals surface area (Å²) in [4.78, 5) is 12.6. The molecule has 0 unspecified atom stereocenters. The van der Waals surface area contributed by atoms with Crippen molar-refractivity contribution in [1.82, 2.24) is 9.97 Å². The van der Waals surface area contributed by atoms with Crippen molar-refractivity contribution in [3.8, 4) is 11.5 Å². The van der Waals surface area contributed by atoms with E-state index in [1.807, 2.05) is 0 Å². The Morgan fingerprint density at radius 1 is 1.17 bits per heavy atom. The van der Waals surface area contributed by atoms with Gasteiger partial charge in [0.15, 0.2) is 23.4 Å². The molecular weight excluding hydrogens is 334 g/mol. The van der Waals surface area contributed by atoms with Gasteiger partial charge in [-0.15, -0.1) is 13.2 Å². The second-order valence-electron chi connectivity index (χ2n) is 4.70. The first-order chi connectivity index (χ1) is 11.4. The van der Waals surface area contributed by atoms with Crippen molar-refractivity contribution in [2.24, 2.45) is 5.16 Å². The lowest BCUT2D eigenvalue weighted by atomic mass is 10.1. The van der Waals surface area contributed by atoms with Crippen LogP contribution in [-0.4, -0.2) is 22.2 Å². The van der Waals surface area contributed by atoms with Crippen molar-refractivity contribution in [3.05, 3.63) is 48.3 Å². The molecule has 0 spiro atoms. The number of hydrogen-bond donors (Lipinski definition) is 0. The number of rotatable bonds is 3. The van der Waals surface area contributed by atoms with Crippen LogP contribution in [0.3, 0.4) is 0 Å². The van der Waals surface area contributed by atoms with Crippen LogP contribution in [0.4, 0.5) is 17.6 Å². The Morgan fingerprint density at radius 2 is 1.92 bits per heavy atom. The number of hydrogen-bond acceptors (Lipinski definition) is 6. The molecule has 0 bridgehead atoms. The highest BCUT2D eigenvalue weighted by Gasteiger charge is 2.33. The average Bonchev–Trinajstić information content (AvgIpc) is 2.97. The second-order valence-corrected chi connectivity index (χ2v) is 4.70. The van der Waals surface area contributed by atoms with Crippen molar-refractivity contribution < 1.29 is 31.9 Å². The van der Waals surface area contributed by atoms with Gasteiger partial charge in [-0.3, -0.25) is 0 Å². The molecule has 0 saturated heterocycles. The summed E-state index contributed by atoms with van der Waals surface area (Å²) in [7, 11) is 0. The molecule has 1 aliphatic rings. The smallest absolute Gasteiger partial charge is 0.436 e. The molecular formula is C14H9F4N3O3. The molecule has 0 fully saturated rings. The normalized spacial score (nSPS) is 17.2. The van der Waals surface area contributed by atoms with Gasteiger partial charge in [0.1, 0.15) is 6.33 Å². The lowest BCUT2D eigenvalue weighted by Crippen LogP contribution is -2.18. The fraction of sp³-hybridized carbons (Fsp3) is 0.214. The second kappa shape index (κ2) is 6.30. The fourth-order valence-electron chi connectivity index (χ4n) is 1.99. The van der Waals surface area contributed by atoms with Crippen LogP contribution < -0.4 is 9.47 Å². The van der Waals surface area contributed by atoms with Crippen molar-refractivity contribution >= 4 is 5.90 Å². The van der Waals surface area contributed by atoms with Gasteiger partial charge in [0.2, 0.25) is 5.90 Å². The third kappa shape index (κ3) is 3.89. The maximum Gasteiger partial charge on any atom is 0.573 e. The molecule has 6 nitrogen and oxygen atoms in total. The van der Waals surface area contributed by atoms with Crippen LogP contribution in [0.25, 0.3) is 0 Å². The van der Waals surface area contributed by atoms with E-state index in [4.69, 9.17) is 9.57 Å². The molecule has 0 amide bonds. The molecule has 24 heavy (non-hydrogen) atoms. The van der Waals surface area contributed by atoms with E-state index in [0.717, 1.165) is 12.1 Å². The van der Waals surface area contributed by atoms with E-state index >= 15 is 0 Å². The van der Waals surface area contributed by atoms with Crippen LogP contribution in [0.15, 0.2) is 42.1 Å². The standard InChI is InChI=1S/C14H9F4N3O3/c15-10-3-8(1-2-11(10)23-14(16,17)18)12-4-13(21-24-12)22-9-5-19-7-20-6-9/h1-3,5-7,12H,4H2/t12-/m1/s1. The van der Waals surface area contributed by atoms with Gasteiger partial charge in [-0.25, -0.2) is 14.4 Å². The molecule has 1 atom stereocenters. The lowest BCUT2D eigenvalue weighted by Gasteiger charge is -2.12. The summed E-state index contributed by atoms with van der Waals surface area (Å²) in [5, 5.41) is 3.71. The lowest BCUT2D eigenvalue weighted by molar-refractivity contribution is -0.275. The Hall–Kier alpha value is -2.91. The van der Waals surface area contributed by atoms with Crippen molar-refractivity contribution in [1.29, 1.82) is 0 Å². The number of nitrogens with zero attached hydrogens (tertiary/aromatic N) is 3. The predicted octanol–water partition coefficient (Wildman–Crippen LogP) is 3.37. The van der Waals surface area contributed by atoms with Gasteiger partial charge in [0.05, 0.1) is 18.8 Å². The number of aromatic nitrogens is 2. The first kappa shape index (κ1) is 16.0. The maximum atomic E-state index is 13.7. The monoisotopic (exact) mass is 343 g/mol. The Kier molecular flexibility index (Phi) is 4.19. The molecule has 0 aliphatic carbocycles. The quantitative estimate of drug-likeness (QED) is 0.800. The Bertz CT molecular complexity index is 753. The van der Waals surface area contributed by atoms with Gasteiger partial charge in [-0.05, 0) is 17.7 Å². The molecule has 2 heterocycles. The number of alkyl halides is 3. The molecule has 1 aromatic heterocycles. The number of benzene rings is 1. The fourth-order valence-corrected chi connectivity index (χ4v) is 1.99. The minimum absolute atomic E-state index is 0.174. The highest BCUT2D eigenvalue weighted by molar-refractivity contribution is 5.79. The Morgan fingerprint density at radius 3 is 2.58 bits per heavy atom. The summed E-state index contributed by atoms with van der Waals surface area (Å²) in [6, 6.07) is 3.04. The third-order valence-electron chi connectivity index (χ3n) is 2.97. The molecule has 0 radical (unpaired) electrons. The molecule has 2 aromatic rings. The molecule has 1 aliphatic heterocycles. The van der Waals surface area contributed by atoms with E-state index in [0.29, 0.717) is 11.3 Å². The molecule has 3 rings (SSSR count). The highest BCUT2D eigenvalue weighted by Crippen LogP contribution is 2.32. The maximum absolute atomic E-state index is 13.7. The van der Waals surface area contributed by atoms with Gasteiger partial charge < -0.3 is 14.3 Å². The predicted molar refractivity (Wildman–Crippen MR) is 71.6 cm³/mol. The SMILES string of the molecule is Fc1cc([C@H]2CC(Oc3cncnc3)=NO2)ccc1OC(F)(F)F. The Balaban J connectivity index is 1.65. The van der Waals surface area contributed by atoms with E-state index < -0.39 is 24.0 Å². The summed E-state index contributed by atoms with van der Waals surface area (Å²) in [5.41, 5.74) is 0.300. The topological polar surface area (TPSA) is 65.8 Å². The minimum atomic E-state index is -4.96. The highest BCUT2D eigenvalue weighted by atomic mass is 19.4. The summed E-state index contributed by atoms with van der Waals surface area (Å²) in [6.45, 7) is 0. The zero-order chi connectivity index (χ0) is 17.2. The van der Waals surface area contributed by atoms with Crippen LogP contribution in [0.5, 0.6) is 11.5 Å². The molecule has 10 heteroatoms. The van der Waals surface area contributed by atoms with E-state index in [9.17, 15) is 17.6 Å². The van der Waals surface area contributed by atoms with Gasteiger partial charge >= 0.3 is 6.36 Å². The first-order valence-electron chi connectivity index (χ1n) is 6.61. The van der Waals surface area contributed by atoms with Gasteiger partial charge in [-0.2, -0.15) is 0 Å². The first-order valence-corrected chi connectivity index (χ1v) is 6.61. The van der Waals surface area contributed by atoms with Crippen molar-refractivity contribution in [3.63, 3.8) is 0 Å². The average molecular weight is 343 g/mol. The number of ether oxygens (including phenoxy) is 2. The molecule has 126 valence electrons. The van der Waals surface area contributed by atoms with Crippen molar-refractivity contribution in [2.75, 3.05) is 0 Å². The van der Waals surface area contributed by atoms with E-state index in [-0.39, 0.29) is 12.3 Å². The van der Waals surface area contributed by atoms with Gasteiger partial charge in [0.25, 0.3) is 0 Å². The van der Waals surface area contributed by atoms with E-state index in [2.05, 4.69) is 19.9 Å².